The van der Waals surface area contributed by atoms with E-state index in [1.54, 1.807) is 0 Å². The lowest BCUT2D eigenvalue weighted by Crippen LogP contribution is -2.26. The summed E-state index contributed by atoms with van der Waals surface area (Å²) in [5, 5.41) is 7.05. The Labute approximate surface area is 127 Å². The van der Waals surface area contributed by atoms with E-state index < -0.39 is 0 Å². The molecule has 104 valence electrons. The molecule has 0 atom stereocenters. The highest BCUT2D eigenvalue weighted by Gasteiger charge is 2.22. The van der Waals surface area contributed by atoms with Crippen LogP contribution in [-0.2, 0) is 11.3 Å². The van der Waals surface area contributed by atoms with Gasteiger partial charge in [-0.15, -0.1) is 0 Å². The van der Waals surface area contributed by atoms with E-state index >= 15 is 0 Å². The van der Waals surface area contributed by atoms with Gasteiger partial charge in [0.1, 0.15) is 0 Å². The van der Waals surface area contributed by atoms with Crippen molar-refractivity contribution < 1.29 is 4.79 Å². The van der Waals surface area contributed by atoms with Gasteiger partial charge >= 0.3 is 0 Å². The molecule has 1 amide bonds. The van der Waals surface area contributed by atoms with Gasteiger partial charge in [-0.3, -0.25) is 4.79 Å². The average Bonchev–Trinajstić information content (AvgIpc) is 3.15. The second-order valence-corrected chi connectivity index (χ2v) is 6.18. The number of carbonyl (C=O) groups is 1. The van der Waals surface area contributed by atoms with Crippen molar-refractivity contribution in [1.29, 1.82) is 0 Å². The van der Waals surface area contributed by atoms with Gasteiger partial charge < -0.3 is 10.6 Å². The number of carbonyl (C=O) groups excluding carboxylic acids is 1. The predicted octanol–water partition coefficient (Wildman–Crippen LogP) is 3.25. The molecule has 1 aromatic rings. The molecule has 0 aliphatic heterocycles. The molecule has 3 nitrogen and oxygen atoms in total. The molecule has 2 rings (SSSR count). The van der Waals surface area contributed by atoms with Crippen LogP contribution in [0.1, 0.15) is 31.2 Å². The monoisotopic (exact) mass is 344 g/mol. The minimum atomic E-state index is 0.172. The highest BCUT2D eigenvalue weighted by Crippen LogP contribution is 2.21. The predicted molar refractivity (Wildman–Crippen MR) is 81.3 cm³/mol. The van der Waals surface area contributed by atoms with Gasteiger partial charge in [0, 0.05) is 28.5 Å². The van der Waals surface area contributed by atoms with Gasteiger partial charge in [0.2, 0.25) is 5.91 Å². The van der Waals surface area contributed by atoms with Gasteiger partial charge in [-0.2, -0.15) is 0 Å². The van der Waals surface area contributed by atoms with E-state index in [0.717, 1.165) is 47.4 Å². The van der Waals surface area contributed by atoms with Crippen LogP contribution >= 0.6 is 27.5 Å². The number of benzene rings is 1. The van der Waals surface area contributed by atoms with Crippen LogP contribution < -0.4 is 10.6 Å². The van der Waals surface area contributed by atoms with Gasteiger partial charge in [-0.1, -0.05) is 33.6 Å². The molecule has 0 unspecified atom stereocenters. The first-order chi connectivity index (χ1) is 9.15. The summed E-state index contributed by atoms with van der Waals surface area (Å²) in [4.78, 5) is 11.5. The molecule has 1 saturated carbocycles. The molecule has 2 N–H and O–H groups in total. The normalized spacial score (nSPS) is 14.4. The third-order valence-corrected chi connectivity index (χ3v) is 3.88. The van der Waals surface area contributed by atoms with Gasteiger partial charge in [0.25, 0.3) is 0 Å². The zero-order valence-corrected chi connectivity index (χ0v) is 13.1. The lowest BCUT2D eigenvalue weighted by atomic mass is 10.2. The van der Waals surface area contributed by atoms with Crippen LogP contribution in [0.2, 0.25) is 5.02 Å². The first kappa shape index (κ1) is 14.8. The third-order valence-electron chi connectivity index (χ3n) is 3.03. The highest BCUT2D eigenvalue weighted by atomic mass is 79.9. The Morgan fingerprint density at radius 1 is 1.42 bits per heavy atom. The van der Waals surface area contributed by atoms with E-state index in [1.807, 2.05) is 18.2 Å². The van der Waals surface area contributed by atoms with E-state index in [-0.39, 0.29) is 5.91 Å². The van der Waals surface area contributed by atoms with Crippen molar-refractivity contribution in [1.82, 2.24) is 10.6 Å². The Bertz CT molecular complexity index is 449. The highest BCUT2D eigenvalue weighted by molar-refractivity contribution is 9.10. The molecule has 1 aliphatic rings. The zero-order chi connectivity index (χ0) is 13.7. The molecular formula is C14H18BrClN2O. The number of nitrogens with one attached hydrogen (secondary N) is 2. The van der Waals surface area contributed by atoms with Crippen LogP contribution in [0.15, 0.2) is 22.7 Å². The molecule has 0 radical (unpaired) electrons. The summed E-state index contributed by atoms with van der Waals surface area (Å²) in [5.74, 6) is 0.172. The van der Waals surface area contributed by atoms with Gasteiger partial charge in [-0.05, 0) is 43.5 Å². The van der Waals surface area contributed by atoms with Crippen molar-refractivity contribution in [2.45, 2.75) is 38.3 Å². The number of rotatable bonds is 7. The first-order valence-electron chi connectivity index (χ1n) is 6.59. The van der Waals surface area contributed by atoms with Crippen molar-refractivity contribution >= 4 is 33.4 Å². The average molecular weight is 346 g/mol. The van der Waals surface area contributed by atoms with E-state index in [1.165, 1.54) is 0 Å². The van der Waals surface area contributed by atoms with Crippen molar-refractivity contribution in [3.8, 4) is 0 Å². The van der Waals surface area contributed by atoms with Crippen molar-refractivity contribution in [2.24, 2.45) is 0 Å². The van der Waals surface area contributed by atoms with Crippen molar-refractivity contribution in [3.63, 3.8) is 0 Å². The molecule has 0 aromatic heterocycles. The Morgan fingerprint density at radius 2 is 2.21 bits per heavy atom. The van der Waals surface area contributed by atoms with Crippen LogP contribution in [0.3, 0.4) is 0 Å². The molecule has 0 bridgehead atoms. The Kier molecular flexibility index (Phi) is 5.67. The quantitative estimate of drug-likeness (QED) is 0.745. The summed E-state index contributed by atoms with van der Waals surface area (Å²) < 4.78 is 0.984. The summed E-state index contributed by atoms with van der Waals surface area (Å²) in [6.45, 7) is 1.56. The van der Waals surface area contributed by atoms with Crippen molar-refractivity contribution in [2.75, 3.05) is 6.54 Å². The van der Waals surface area contributed by atoms with E-state index in [9.17, 15) is 4.79 Å². The molecule has 1 fully saturated rings. The molecular weight excluding hydrogens is 328 g/mol. The third kappa shape index (κ3) is 5.51. The van der Waals surface area contributed by atoms with Gasteiger partial charge in [0.15, 0.2) is 0 Å². The molecule has 0 heterocycles. The van der Waals surface area contributed by atoms with E-state index in [4.69, 9.17) is 11.6 Å². The second kappa shape index (κ2) is 7.27. The van der Waals surface area contributed by atoms with Gasteiger partial charge in [0.05, 0.1) is 0 Å². The number of hydrogen-bond donors (Lipinski definition) is 2. The first-order valence-corrected chi connectivity index (χ1v) is 7.76. The fraction of sp³-hybridized carbons (Fsp3) is 0.500. The maximum atomic E-state index is 11.5. The Hall–Kier alpha value is -0.580. The fourth-order valence-electron chi connectivity index (χ4n) is 1.79. The van der Waals surface area contributed by atoms with Gasteiger partial charge in [-0.25, -0.2) is 0 Å². The summed E-state index contributed by atoms with van der Waals surface area (Å²) in [6, 6.07) is 6.33. The molecule has 1 aromatic carbocycles. The summed E-state index contributed by atoms with van der Waals surface area (Å²) >= 11 is 9.50. The Morgan fingerprint density at radius 3 is 2.89 bits per heavy atom. The standard InChI is InChI=1S/C14H18BrClN2O/c15-11-4-3-10(13(16)8-11)9-17-7-1-2-14(19)18-12-5-6-12/h3-4,8,12,17H,1-2,5-7,9H2,(H,18,19). The smallest absolute Gasteiger partial charge is 0.220 e. The van der Waals surface area contributed by atoms with Crippen LogP contribution in [0.5, 0.6) is 0 Å². The summed E-state index contributed by atoms with van der Waals surface area (Å²) in [6.07, 6.45) is 3.74. The van der Waals surface area contributed by atoms with E-state index in [2.05, 4.69) is 26.6 Å². The Balaban J connectivity index is 1.59. The second-order valence-electron chi connectivity index (χ2n) is 4.86. The summed E-state index contributed by atoms with van der Waals surface area (Å²) in [7, 11) is 0. The zero-order valence-electron chi connectivity index (χ0n) is 10.7. The lowest BCUT2D eigenvalue weighted by molar-refractivity contribution is -0.121. The number of amides is 1. The number of halogens is 2. The molecule has 5 heteroatoms. The minimum Gasteiger partial charge on any atom is -0.353 e. The molecule has 0 saturated heterocycles. The van der Waals surface area contributed by atoms with Crippen LogP contribution in [0, 0.1) is 0 Å². The van der Waals surface area contributed by atoms with Crippen molar-refractivity contribution in [3.05, 3.63) is 33.3 Å². The molecule has 19 heavy (non-hydrogen) atoms. The minimum absolute atomic E-state index is 0.172. The van der Waals surface area contributed by atoms with E-state index in [0.29, 0.717) is 12.5 Å². The van der Waals surface area contributed by atoms with Crippen LogP contribution in [0.25, 0.3) is 0 Å². The van der Waals surface area contributed by atoms with Crippen LogP contribution in [-0.4, -0.2) is 18.5 Å². The topological polar surface area (TPSA) is 41.1 Å². The summed E-state index contributed by atoms with van der Waals surface area (Å²) in [5.41, 5.74) is 1.08. The largest absolute Gasteiger partial charge is 0.353 e. The molecule has 0 spiro atoms. The SMILES string of the molecule is O=C(CCCNCc1ccc(Br)cc1Cl)NC1CC1. The number of hydrogen-bond acceptors (Lipinski definition) is 2. The maximum Gasteiger partial charge on any atom is 0.220 e. The fourth-order valence-corrected chi connectivity index (χ4v) is 2.53. The van der Waals surface area contributed by atoms with Crippen LogP contribution in [0.4, 0.5) is 0 Å². The lowest BCUT2D eigenvalue weighted by Gasteiger charge is -2.07. The maximum absolute atomic E-state index is 11.5. The molecule has 1 aliphatic carbocycles.